The first-order valence-electron chi connectivity index (χ1n) is 10.6. The Bertz CT molecular complexity index is 1180. The minimum absolute atomic E-state index is 0.101. The normalized spacial score (nSPS) is 16.2. The van der Waals surface area contributed by atoms with Crippen molar-refractivity contribution in [3.05, 3.63) is 78.6 Å². The van der Waals surface area contributed by atoms with Crippen molar-refractivity contribution in [2.75, 3.05) is 20.2 Å². The average molecular weight is 428 g/mol. The van der Waals surface area contributed by atoms with Gasteiger partial charge in [-0.1, -0.05) is 29.4 Å². The zero-order chi connectivity index (χ0) is 21.8. The topological polar surface area (TPSA) is 73.5 Å². The summed E-state index contributed by atoms with van der Waals surface area (Å²) in [5, 5.41) is 4.12. The van der Waals surface area contributed by atoms with E-state index in [1.165, 1.54) is 5.56 Å². The molecule has 4 aromatic rings. The molecule has 2 aromatic carbocycles. The SMILES string of the molecule is COc1cccc(CN2CCC(Oc3ccccc3-c3nc(-c4ccncc4)no3)C2)c1. The molecule has 1 saturated heterocycles. The molecule has 0 radical (unpaired) electrons. The largest absolute Gasteiger partial charge is 0.497 e. The summed E-state index contributed by atoms with van der Waals surface area (Å²) in [6.45, 7) is 2.71. The summed E-state index contributed by atoms with van der Waals surface area (Å²) in [5.74, 6) is 2.61. The maximum atomic E-state index is 6.38. The summed E-state index contributed by atoms with van der Waals surface area (Å²) < 4.78 is 17.3. The zero-order valence-electron chi connectivity index (χ0n) is 17.8. The first kappa shape index (κ1) is 20.2. The molecule has 7 heteroatoms. The van der Waals surface area contributed by atoms with Crippen molar-refractivity contribution in [3.8, 4) is 34.3 Å². The number of nitrogens with zero attached hydrogens (tertiary/aromatic N) is 4. The predicted molar refractivity (Wildman–Crippen MR) is 120 cm³/mol. The second kappa shape index (κ2) is 9.20. The maximum absolute atomic E-state index is 6.38. The van der Waals surface area contributed by atoms with Gasteiger partial charge < -0.3 is 14.0 Å². The molecule has 0 amide bonds. The van der Waals surface area contributed by atoms with Crippen LogP contribution in [0.4, 0.5) is 0 Å². The Morgan fingerprint density at radius 2 is 1.94 bits per heavy atom. The van der Waals surface area contributed by atoms with Gasteiger partial charge in [-0.25, -0.2) is 0 Å². The van der Waals surface area contributed by atoms with E-state index in [0.717, 1.165) is 48.7 Å². The number of benzene rings is 2. The fourth-order valence-electron chi connectivity index (χ4n) is 3.94. The minimum atomic E-state index is 0.101. The van der Waals surface area contributed by atoms with Crippen LogP contribution in [0.5, 0.6) is 11.5 Å². The maximum Gasteiger partial charge on any atom is 0.262 e. The van der Waals surface area contributed by atoms with Gasteiger partial charge in [-0.15, -0.1) is 0 Å². The van der Waals surface area contributed by atoms with Crippen LogP contribution in [0.3, 0.4) is 0 Å². The van der Waals surface area contributed by atoms with E-state index >= 15 is 0 Å². The molecule has 162 valence electrons. The van der Waals surface area contributed by atoms with E-state index in [-0.39, 0.29) is 6.10 Å². The van der Waals surface area contributed by atoms with Crippen molar-refractivity contribution < 1.29 is 14.0 Å². The average Bonchev–Trinajstić information content (AvgIpc) is 3.50. The lowest BCUT2D eigenvalue weighted by atomic mass is 10.2. The summed E-state index contributed by atoms with van der Waals surface area (Å²) >= 11 is 0. The van der Waals surface area contributed by atoms with E-state index in [0.29, 0.717) is 11.7 Å². The van der Waals surface area contributed by atoms with Crippen molar-refractivity contribution in [2.24, 2.45) is 0 Å². The van der Waals surface area contributed by atoms with Gasteiger partial charge in [0.2, 0.25) is 5.82 Å². The van der Waals surface area contributed by atoms with Crippen molar-refractivity contribution in [1.82, 2.24) is 20.0 Å². The third kappa shape index (κ3) is 4.48. The lowest BCUT2D eigenvalue weighted by Gasteiger charge is -2.18. The minimum Gasteiger partial charge on any atom is -0.497 e. The molecule has 0 aliphatic carbocycles. The Hall–Kier alpha value is -3.71. The molecule has 0 N–H and O–H groups in total. The van der Waals surface area contributed by atoms with Crippen LogP contribution in [0.1, 0.15) is 12.0 Å². The van der Waals surface area contributed by atoms with Crippen LogP contribution in [0.25, 0.3) is 22.8 Å². The molecule has 0 bridgehead atoms. The molecule has 3 heterocycles. The lowest BCUT2D eigenvalue weighted by molar-refractivity contribution is 0.198. The standard InChI is InChI=1S/C25H24N4O3/c1-30-20-6-4-5-18(15-20)16-29-14-11-21(17-29)31-23-8-3-2-7-22(23)25-27-24(28-32-25)19-9-12-26-13-10-19/h2-10,12-13,15,21H,11,14,16-17H2,1H3. The summed E-state index contributed by atoms with van der Waals surface area (Å²) in [4.78, 5) is 11.0. The Labute approximate surface area is 186 Å². The van der Waals surface area contributed by atoms with Crippen LogP contribution in [0.15, 0.2) is 77.6 Å². The highest BCUT2D eigenvalue weighted by Crippen LogP contribution is 2.32. The number of hydrogen-bond acceptors (Lipinski definition) is 7. The number of methoxy groups -OCH3 is 1. The van der Waals surface area contributed by atoms with Gasteiger partial charge in [-0.2, -0.15) is 4.98 Å². The molecular formula is C25H24N4O3. The first-order chi connectivity index (χ1) is 15.8. The summed E-state index contributed by atoms with van der Waals surface area (Å²) in [5.41, 5.74) is 2.89. The molecular weight excluding hydrogens is 404 g/mol. The van der Waals surface area contributed by atoms with Crippen molar-refractivity contribution in [3.63, 3.8) is 0 Å². The van der Waals surface area contributed by atoms with Gasteiger partial charge >= 0.3 is 0 Å². The molecule has 2 aromatic heterocycles. The number of para-hydroxylation sites is 1. The number of aromatic nitrogens is 3. The van der Waals surface area contributed by atoms with Crippen LogP contribution in [0, 0.1) is 0 Å². The lowest BCUT2D eigenvalue weighted by Crippen LogP contribution is -2.24. The van der Waals surface area contributed by atoms with Gasteiger partial charge in [-0.3, -0.25) is 9.88 Å². The van der Waals surface area contributed by atoms with E-state index in [4.69, 9.17) is 14.0 Å². The van der Waals surface area contributed by atoms with Crippen LogP contribution in [0.2, 0.25) is 0 Å². The van der Waals surface area contributed by atoms with E-state index < -0.39 is 0 Å². The third-order valence-corrected chi connectivity index (χ3v) is 5.55. The predicted octanol–water partition coefficient (Wildman–Crippen LogP) is 4.46. The van der Waals surface area contributed by atoms with Crippen molar-refractivity contribution >= 4 is 0 Å². The fraction of sp³-hybridized carbons (Fsp3) is 0.240. The number of pyridine rings is 1. The Kier molecular flexibility index (Phi) is 5.81. The summed E-state index contributed by atoms with van der Waals surface area (Å²) in [6.07, 6.45) is 4.48. The number of rotatable bonds is 7. The molecule has 32 heavy (non-hydrogen) atoms. The highest BCUT2D eigenvalue weighted by molar-refractivity contribution is 5.65. The highest BCUT2D eigenvalue weighted by atomic mass is 16.5. The summed E-state index contributed by atoms with van der Waals surface area (Å²) in [6, 6.07) is 19.7. The highest BCUT2D eigenvalue weighted by Gasteiger charge is 2.25. The first-order valence-corrected chi connectivity index (χ1v) is 10.6. The number of likely N-dealkylation sites (tertiary alicyclic amines) is 1. The van der Waals surface area contributed by atoms with Crippen molar-refractivity contribution in [1.29, 1.82) is 0 Å². The molecule has 1 aliphatic rings. The van der Waals surface area contributed by atoms with Crippen LogP contribution in [-0.2, 0) is 6.54 Å². The zero-order valence-corrected chi connectivity index (χ0v) is 17.8. The fourth-order valence-corrected chi connectivity index (χ4v) is 3.94. The molecule has 1 fully saturated rings. The van der Waals surface area contributed by atoms with Gasteiger partial charge in [0.1, 0.15) is 17.6 Å². The van der Waals surface area contributed by atoms with Crippen LogP contribution in [-0.4, -0.2) is 46.3 Å². The second-order valence-corrected chi connectivity index (χ2v) is 7.77. The second-order valence-electron chi connectivity index (χ2n) is 7.77. The summed E-state index contributed by atoms with van der Waals surface area (Å²) in [7, 11) is 1.69. The molecule has 1 aliphatic heterocycles. The van der Waals surface area contributed by atoms with E-state index in [1.807, 2.05) is 48.5 Å². The van der Waals surface area contributed by atoms with Crippen LogP contribution < -0.4 is 9.47 Å². The number of hydrogen-bond donors (Lipinski definition) is 0. The molecule has 1 unspecified atom stereocenters. The van der Waals surface area contributed by atoms with Gasteiger partial charge in [-0.05, 0) is 48.4 Å². The van der Waals surface area contributed by atoms with Crippen molar-refractivity contribution in [2.45, 2.75) is 19.1 Å². The Morgan fingerprint density at radius 3 is 2.81 bits per heavy atom. The van der Waals surface area contributed by atoms with Gasteiger partial charge in [0.15, 0.2) is 0 Å². The third-order valence-electron chi connectivity index (χ3n) is 5.55. The Balaban J connectivity index is 1.27. The van der Waals surface area contributed by atoms with E-state index in [9.17, 15) is 0 Å². The van der Waals surface area contributed by atoms with E-state index in [1.54, 1.807) is 19.5 Å². The van der Waals surface area contributed by atoms with E-state index in [2.05, 4.69) is 32.2 Å². The Morgan fingerprint density at radius 1 is 1.06 bits per heavy atom. The quantitative estimate of drug-likeness (QED) is 0.430. The molecule has 0 spiro atoms. The number of ether oxygens (including phenoxy) is 2. The van der Waals surface area contributed by atoms with Gasteiger partial charge in [0.05, 0.1) is 12.7 Å². The molecule has 1 atom stereocenters. The van der Waals surface area contributed by atoms with Gasteiger partial charge in [0.25, 0.3) is 5.89 Å². The molecule has 5 rings (SSSR count). The smallest absolute Gasteiger partial charge is 0.262 e. The van der Waals surface area contributed by atoms with Gasteiger partial charge in [0, 0.05) is 37.6 Å². The van der Waals surface area contributed by atoms with Crippen LogP contribution >= 0.6 is 0 Å². The molecule has 7 nitrogen and oxygen atoms in total. The monoisotopic (exact) mass is 428 g/mol. The molecule has 0 saturated carbocycles.